The summed E-state index contributed by atoms with van der Waals surface area (Å²) >= 11 is 0. The minimum atomic E-state index is -3.68. The lowest BCUT2D eigenvalue weighted by molar-refractivity contribution is 0.102. The zero-order chi connectivity index (χ0) is 24.3. The van der Waals surface area contributed by atoms with Crippen molar-refractivity contribution in [3.63, 3.8) is 0 Å². The number of hydrogen-bond acceptors (Lipinski definition) is 7. The maximum atomic E-state index is 12.8. The van der Waals surface area contributed by atoms with Crippen molar-refractivity contribution < 1.29 is 22.4 Å². The van der Waals surface area contributed by atoms with Gasteiger partial charge in [-0.3, -0.25) is 4.79 Å². The Labute approximate surface area is 197 Å². The molecule has 0 spiro atoms. The summed E-state index contributed by atoms with van der Waals surface area (Å²) in [6, 6.07) is 20.3. The Bertz CT molecular complexity index is 1420. The number of anilines is 1. The molecule has 1 amide bonds. The number of rotatable bonds is 7. The monoisotopic (exact) mass is 478 g/mol. The van der Waals surface area contributed by atoms with Crippen molar-refractivity contribution in [2.45, 2.75) is 4.90 Å². The predicted molar refractivity (Wildman–Crippen MR) is 127 cm³/mol. The van der Waals surface area contributed by atoms with Crippen molar-refractivity contribution in [3.8, 4) is 28.7 Å². The summed E-state index contributed by atoms with van der Waals surface area (Å²) < 4.78 is 37.0. The average Bonchev–Trinajstić information content (AvgIpc) is 3.35. The van der Waals surface area contributed by atoms with E-state index in [2.05, 4.69) is 15.5 Å². The number of carbonyl (C=O) groups is 1. The van der Waals surface area contributed by atoms with Gasteiger partial charge in [0.2, 0.25) is 21.8 Å². The van der Waals surface area contributed by atoms with Crippen LogP contribution in [0, 0.1) is 0 Å². The molecular weight excluding hydrogens is 456 g/mol. The van der Waals surface area contributed by atoms with Crippen molar-refractivity contribution in [3.05, 3.63) is 78.4 Å². The Balaban J connectivity index is 1.54. The second kappa shape index (κ2) is 9.46. The molecule has 1 aromatic heterocycles. The number of carbonyl (C=O) groups excluding carboxylic acids is 1. The number of amides is 1. The molecule has 0 aliphatic carbocycles. The SMILES string of the molecule is COc1ccc(S(=O)(=O)N(C)C)cc1NC(=O)c1ccc(-c2nnc(-c3ccccc3)o2)cc1. The van der Waals surface area contributed by atoms with E-state index in [0.717, 1.165) is 9.87 Å². The maximum absolute atomic E-state index is 12.8. The molecule has 0 aliphatic heterocycles. The Hall–Kier alpha value is -4.02. The Morgan fingerprint density at radius 3 is 2.12 bits per heavy atom. The first-order chi connectivity index (χ1) is 16.3. The minimum absolute atomic E-state index is 0.0366. The Kier molecular flexibility index (Phi) is 6.44. The molecular formula is C24H22N4O5S. The van der Waals surface area contributed by atoms with Crippen LogP contribution in [0.1, 0.15) is 10.4 Å². The zero-order valence-electron chi connectivity index (χ0n) is 18.7. The fraction of sp³-hybridized carbons (Fsp3) is 0.125. The van der Waals surface area contributed by atoms with E-state index < -0.39 is 15.9 Å². The minimum Gasteiger partial charge on any atom is -0.495 e. The van der Waals surface area contributed by atoms with Crippen LogP contribution in [0.25, 0.3) is 22.9 Å². The molecule has 1 heterocycles. The van der Waals surface area contributed by atoms with Crippen LogP contribution in [-0.2, 0) is 10.0 Å². The molecule has 1 N–H and O–H groups in total. The van der Waals surface area contributed by atoms with Gasteiger partial charge in [-0.2, -0.15) is 0 Å². The number of nitrogens with zero attached hydrogens (tertiary/aromatic N) is 3. The van der Waals surface area contributed by atoms with Gasteiger partial charge in [0.25, 0.3) is 5.91 Å². The number of nitrogens with one attached hydrogen (secondary N) is 1. The molecule has 0 saturated carbocycles. The van der Waals surface area contributed by atoms with E-state index in [9.17, 15) is 13.2 Å². The van der Waals surface area contributed by atoms with Crippen LogP contribution < -0.4 is 10.1 Å². The molecule has 4 aromatic rings. The number of sulfonamides is 1. The second-order valence-electron chi connectivity index (χ2n) is 7.46. The summed E-state index contributed by atoms with van der Waals surface area (Å²) in [7, 11) is 0.635. The fourth-order valence-electron chi connectivity index (χ4n) is 3.15. The fourth-order valence-corrected chi connectivity index (χ4v) is 4.08. The van der Waals surface area contributed by atoms with E-state index in [1.54, 1.807) is 24.3 Å². The van der Waals surface area contributed by atoms with Gasteiger partial charge < -0.3 is 14.5 Å². The number of ether oxygens (including phenoxy) is 1. The van der Waals surface area contributed by atoms with Crippen LogP contribution >= 0.6 is 0 Å². The third-order valence-electron chi connectivity index (χ3n) is 5.04. The number of methoxy groups -OCH3 is 1. The summed E-state index contributed by atoms with van der Waals surface area (Å²) in [5.74, 6) is 0.632. The van der Waals surface area contributed by atoms with Crippen molar-refractivity contribution in [1.29, 1.82) is 0 Å². The van der Waals surface area contributed by atoms with Crippen LogP contribution in [-0.4, -0.2) is 50.0 Å². The summed E-state index contributed by atoms with van der Waals surface area (Å²) in [6.45, 7) is 0. The Morgan fingerprint density at radius 2 is 1.53 bits per heavy atom. The molecule has 0 fully saturated rings. The van der Waals surface area contributed by atoms with Gasteiger partial charge >= 0.3 is 0 Å². The first-order valence-electron chi connectivity index (χ1n) is 10.2. The highest BCUT2D eigenvalue weighted by molar-refractivity contribution is 7.89. The molecule has 0 saturated heterocycles. The van der Waals surface area contributed by atoms with Crippen LogP contribution in [0.15, 0.2) is 82.1 Å². The molecule has 3 aromatic carbocycles. The zero-order valence-corrected chi connectivity index (χ0v) is 19.5. The van der Waals surface area contributed by atoms with E-state index in [4.69, 9.17) is 9.15 Å². The van der Waals surface area contributed by atoms with Crippen LogP contribution in [0.3, 0.4) is 0 Å². The van der Waals surface area contributed by atoms with Crippen molar-refractivity contribution >= 4 is 21.6 Å². The molecule has 0 unspecified atom stereocenters. The number of benzene rings is 3. The van der Waals surface area contributed by atoms with E-state index in [-0.39, 0.29) is 10.6 Å². The molecule has 0 radical (unpaired) electrons. The normalized spacial score (nSPS) is 11.4. The summed E-state index contributed by atoms with van der Waals surface area (Å²) in [5, 5.41) is 10.9. The molecule has 0 aliphatic rings. The lowest BCUT2D eigenvalue weighted by Crippen LogP contribution is -2.22. The molecule has 9 nitrogen and oxygen atoms in total. The molecule has 4 rings (SSSR count). The Morgan fingerprint density at radius 1 is 0.912 bits per heavy atom. The standard InChI is InChI=1S/C24H22N4O5S/c1-28(2)34(30,31)19-13-14-21(32-3)20(15-19)25-22(29)16-9-11-18(12-10-16)24-27-26-23(33-24)17-7-5-4-6-8-17/h4-15H,1-3H3,(H,25,29). The first kappa shape index (κ1) is 23.1. The summed E-state index contributed by atoms with van der Waals surface area (Å²) in [6.07, 6.45) is 0. The number of hydrogen-bond donors (Lipinski definition) is 1. The summed E-state index contributed by atoms with van der Waals surface area (Å²) in [5.41, 5.74) is 2.06. The van der Waals surface area contributed by atoms with Gasteiger partial charge in [0.1, 0.15) is 5.75 Å². The van der Waals surface area contributed by atoms with Crippen LogP contribution in [0.4, 0.5) is 5.69 Å². The third kappa shape index (κ3) is 4.68. The van der Waals surface area contributed by atoms with E-state index in [0.29, 0.717) is 28.7 Å². The van der Waals surface area contributed by atoms with Gasteiger partial charge in [-0.1, -0.05) is 18.2 Å². The van der Waals surface area contributed by atoms with Crippen molar-refractivity contribution in [2.75, 3.05) is 26.5 Å². The molecule has 174 valence electrons. The quantitative estimate of drug-likeness (QED) is 0.428. The second-order valence-corrected chi connectivity index (χ2v) is 9.61. The molecule has 34 heavy (non-hydrogen) atoms. The molecule has 10 heteroatoms. The first-order valence-corrected chi connectivity index (χ1v) is 11.6. The van der Waals surface area contributed by atoms with Crippen molar-refractivity contribution in [1.82, 2.24) is 14.5 Å². The van der Waals surface area contributed by atoms with Gasteiger partial charge in [0, 0.05) is 30.8 Å². The molecule has 0 bridgehead atoms. The highest BCUT2D eigenvalue weighted by Crippen LogP contribution is 2.29. The molecule has 0 atom stereocenters. The van der Waals surface area contributed by atoms with Crippen molar-refractivity contribution in [2.24, 2.45) is 0 Å². The topological polar surface area (TPSA) is 115 Å². The van der Waals surface area contributed by atoms with E-state index in [1.807, 2.05) is 30.3 Å². The van der Waals surface area contributed by atoms with Gasteiger partial charge in [-0.25, -0.2) is 12.7 Å². The largest absolute Gasteiger partial charge is 0.495 e. The van der Waals surface area contributed by atoms with Gasteiger partial charge in [-0.15, -0.1) is 10.2 Å². The highest BCUT2D eigenvalue weighted by atomic mass is 32.2. The van der Waals surface area contributed by atoms with Gasteiger partial charge in [0.05, 0.1) is 17.7 Å². The highest BCUT2D eigenvalue weighted by Gasteiger charge is 2.20. The lowest BCUT2D eigenvalue weighted by atomic mass is 10.1. The smallest absolute Gasteiger partial charge is 0.255 e. The van der Waals surface area contributed by atoms with E-state index in [1.165, 1.54) is 39.4 Å². The average molecular weight is 479 g/mol. The lowest BCUT2D eigenvalue weighted by Gasteiger charge is -2.15. The third-order valence-corrected chi connectivity index (χ3v) is 6.85. The predicted octanol–water partition coefficient (Wildman–Crippen LogP) is 3.91. The van der Waals surface area contributed by atoms with Crippen LogP contribution in [0.2, 0.25) is 0 Å². The van der Waals surface area contributed by atoms with Gasteiger partial charge in [-0.05, 0) is 54.6 Å². The van der Waals surface area contributed by atoms with E-state index >= 15 is 0 Å². The summed E-state index contributed by atoms with van der Waals surface area (Å²) in [4.78, 5) is 12.9. The maximum Gasteiger partial charge on any atom is 0.255 e. The van der Waals surface area contributed by atoms with Crippen LogP contribution in [0.5, 0.6) is 5.75 Å². The number of aromatic nitrogens is 2. The van der Waals surface area contributed by atoms with Gasteiger partial charge in [0.15, 0.2) is 0 Å².